The van der Waals surface area contributed by atoms with Crippen molar-refractivity contribution in [3.63, 3.8) is 0 Å². The Hall–Kier alpha value is -2.25. The van der Waals surface area contributed by atoms with Gasteiger partial charge in [0.1, 0.15) is 12.4 Å². The minimum atomic E-state index is -1.33. The Bertz CT molecular complexity index is 645. The number of hydrogen-bond acceptors (Lipinski definition) is 5. The zero-order chi connectivity index (χ0) is 12.6. The highest BCUT2D eigenvalue weighted by Crippen LogP contribution is 2.17. The number of carboxylic acid groups (broad SMARTS) is 1. The highest BCUT2D eigenvalue weighted by atomic mass is 19.1. The molecule has 2 rings (SSSR count). The predicted molar refractivity (Wildman–Crippen MR) is 53.7 cm³/mol. The second-order valence-corrected chi connectivity index (χ2v) is 3.33. The van der Waals surface area contributed by atoms with Crippen molar-refractivity contribution in [2.45, 2.75) is 13.5 Å². The molecule has 2 aromatic rings. The monoisotopic (exact) mass is 241 g/mol. The number of carbonyl (C=O) groups is 1. The van der Waals surface area contributed by atoms with Crippen LogP contribution in [0.4, 0.5) is 4.39 Å². The molecule has 0 bridgehead atoms. The van der Waals surface area contributed by atoms with Crippen LogP contribution in [0.3, 0.4) is 0 Å². The van der Waals surface area contributed by atoms with E-state index in [9.17, 15) is 14.0 Å². The summed E-state index contributed by atoms with van der Waals surface area (Å²) in [7, 11) is 0. The minimum absolute atomic E-state index is 0.0533. The number of carboxylic acids is 1. The number of aryl methyl sites for hydroxylation is 2. The van der Waals surface area contributed by atoms with E-state index < -0.39 is 18.2 Å². The van der Waals surface area contributed by atoms with E-state index in [2.05, 4.69) is 10.3 Å². The largest absolute Gasteiger partial charge is 0.476 e. The zero-order valence-electron chi connectivity index (χ0n) is 8.81. The molecule has 0 unspecified atom stereocenters. The number of nitrogens with zero attached hydrogens (tertiary/aromatic N) is 3. The van der Waals surface area contributed by atoms with Gasteiger partial charge in [-0.25, -0.2) is 13.9 Å². The smallest absolute Gasteiger partial charge is 0.357 e. The van der Waals surface area contributed by atoms with Crippen LogP contribution in [-0.2, 0) is 6.54 Å². The van der Waals surface area contributed by atoms with Crippen LogP contribution in [0.1, 0.15) is 16.2 Å². The summed E-state index contributed by atoms with van der Waals surface area (Å²) in [6.45, 7) is 0.331. The van der Waals surface area contributed by atoms with E-state index in [0.717, 1.165) is 4.68 Å². The quantitative estimate of drug-likeness (QED) is 0.833. The molecule has 0 spiro atoms. The Kier molecular flexibility index (Phi) is 2.62. The van der Waals surface area contributed by atoms with Gasteiger partial charge in [0.15, 0.2) is 11.2 Å². The summed E-state index contributed by atoms with van der Waals surface area (Å²) in [4.78, 5) is 22.7. The lowest BCUT2D eigenvalue weighted by molar-refractivity contribution is 0.0689. The number of rotatable bonds is 3. The zero-order valence-corrected chi connectivity index (χ0v) is 8.81. The normalized spacial score (nSPS) is 10.9. The Morgan fingerprint density at radius 2 is 2.29 bits per heavy atom. The number of halogens is 1. The van der Waals surface area contributed by atoms with Crippen LogP contribution in [-0.4, -0.2) is 32.7 Å². The van der Waals surface area contributed by atoms with Gasteiger partial charge >= 0.3 is 5.97 Å². The third kappa shape index (κ3) is 1.67. The molecule has 0 aliphatic rings. The number of aromatic carboxylic acids is 1. The Balaban J connectivity index is 2.86. The number of fused-ring (bicyclic) bond motifs is 1. The maximum atomic E-state index is 12.2. The van der Waals surface area contributed by atoms with Crippen LogP contribution in [0, 0.1) is 6.92 Å². The molecule has 0 radical (unpaired) electrons. The van der Waals surface area contributed by atoms with Gasteiger partial charge in [-0.2, -0.15) is 5.10 Å². The van der Waals surface area contributed by atoms with Crippen molar-refractivity contribution in [2.75, 3.05) is 6.67 Å². The van der Waals surface area contributed by atoms with Crippen LogP contribution in [0.25, 0.3) is 10.9 Å². The van der Waals surface area contributed by atoms with E-state index in [0.29, 0.717) is 0 Å². The highest BCUT2D eigenvalue weighted by molar-refractivity contribution is 6.00. The Morgan fingerprint density at radius 3 is 2.88 bits per heavy atom. The van der Waals surface area contributed by atoms with Gasteiger partial charge in [-0.15, -0.1) is 0 Å². The fraction of sp³-hybridized carbons (Fsp3) is 0.333. The molecule has 0 fully saturated rings. The number of alkyl halides is 1. The maximum Gasteiger partial charge on any atom is 0.357 e. The van der Waals surface area contributed by atoms with Crippen molar-refractivity contribution in [1.29, 1.82) is 0 Å². The predicted octanol–water partition coefficient (Wildman–Crippen LogP) is 0.361. The van der Waals surface area contributed by atoms with Crippen molar-refractivity contribution in [3.05, 3.63) is 21.8 Å². The van der Waals surface area contributed by atoms with Gasteiger partial charge in [0.05, 0.1) is 11.9 Å². The molecule has 0 aliphatic heterocycles. The second kappa shape index (κ2) is 3.96. The van der Waals surface area contributed by atoms with Gasteiger partial charge < -0.3 is 9.63 Å². The topological polar surface area (TPSA) is 98.2 Å². The molecular formula is C9H8FN3O4. The first kappa shape index (κ1) is 11.2. The van der Waals surface area contributed by atoms with Gasteiger partial charge in [-0.1, -0.05) is 5.16 Å². The third-order valence-electron chi connectivity index (χ3n) is 2.26. The summed E-state index contributed by atoms with van der Waals surface area (Å²) in [5.41, 5.74) is -1.19. The van der Waals surface area contributed by atoms with Crippen molar-refractivity contribution >= 4 is 16.9 Å². The summed E-state index contributed by atoms with van der Waals surface area (Å²) in [6, 6.07) is 0. The average molecular weight is 241 g/mol. The lowest BCUT2D eigenvalue weighted by Crippen LogP contribution is -2.26. The SMILES string of the molecule is Cc1onc2c(=O)n(CCF)nc(C(=O)O)c12. The third-order valence-corrected chi connectivity index (χ3v) is 2.26. The average Bonchev–Trinajstić information content (AvgIpc) is 2.65. The van der Waals surface area contributed by atoms with Crippen molar-refractivity contribution in [1.82, 2.24) is 14.9 Å². The molecule has 2 aromatic heterocycles. The Morgan fingerprint density at radius 1 is 1.59 bits per heavy atom. The molecule has 2 heterocycles. The van der Waals surface area contributed by atoms with Crippen LogP contribution in [0.5, 0.6) is 0 Å². The van der Waals surface area contributed by atoms with Crippen LogP contribution < -0.4 is 5.56 Å². The first-order valence-corrected chi connectivity index (χ1v) is 4.72. The van der Waals surface area contributed by atoms with Crippen molar-refractivity contribution < 1.29 is 18.8 Å². The van der Waals surface area contributed by atoms with E-state index in [-0.39, 0.29) is 28.9 Å². The molecular weight excluding hydrogens is 233 g/mol. The van der Waals surface area contributed by atoms with E-state index >= 15 is 0 Å². The molecule has 0 amide bonds. The lowest BCUT2D eigenvalue weighted by atomic mass is 10.2. The standard InChI is InChI=1S/C9H8FN3O4/c1-4-5-6(12-17-4)8(14)13(3-2-10)11-7(5)9(15)16/h2-3H2,1H3,(H,15,16). The summed E-state index contributed by atoms with van der Waals surface area (Å²) in [5.74, 6) is -1.14. The van der Waals surface area contributed by atoms with Gasteiger partial charge in [-0.05, 0) is 6.92 Å². The second-order valence-electron chi connectivity index (χ2n) is 3.33. The van der Waals surface area contributed by atoms with Crippen LogP contribution in [0.15, 0.2) is 9.32 Å². The van der Waals surface area contributed by atoms with E-state index in [1.54, 1.807) is 0 Å². The summed E-state index contributed by atoms with van der Waals surface area (Å²) >= 11 is 0. The molecule has 0 atom stereocenters. The minimum Gasteiger partial charge on any atom is -0.476 e. The van der Waals surface area contributed by atoms with Crippen molar-refractivity contribution in [3.8, 4) is 0 Å². The van der Waals surface area contributed by atoms with Crippen LogP contribution in [0.2, 0.25) is 0 Å². The van der Waals surface area contributed by atoms with E-state index in [1.165, 1.54) is 6.92 Å². The molecule has 17 heavy (non-hydrogen) atoms. The molecule has 0 saturated heterocycles. The van der Waals surface area contributed by atoms with Gasteiger partial charge in [-0.3, -0.25) is 4.79 Å². The fourth-order valence-corrected chi connectivity index (χ4v) is 1.52. The van der Waals surface area contributed by atoms with Gasteiger partial charge in [0.2, 0.25) is 0 Å². The molecule has 90 valence electrons. The fourth-order valence-electron chi connectivity index (χ4n) is 1.52. The summed E-state index contributed by atoms with van der Waals surface area (Å²) in [5, 5.41) is 16.1. The van der Waals surface area contributed by atoms with Crippen LogP contribution >= 0.6 is 0 Å². The molecule has 8 heteroatoms. The Labute approximate surface area is 93.4 Å². The summed E-state index contributed by atoms with van der Waals surface area (Å²) in [6.07, 6.45) is 0. The number of hydrogen-bond donors (Lipinski definition) is 1. The maximum absolute atomic E-state index is 12.2. The lowest BCUT2D eigenvalue weighted by Gasteiger charge is -2.03. The number of aromatic nitrogens is 3. The molecule has 1 N–H and O–H groups in total. The molecule has 0 aliphatic carbocycles. The first-order valence-electron chi connectivity index (χ1n) is 4.72. The van der Waals surface area contributed by atoms with E-state index in [4.69, 9.17) is 9.63 Å². The molecule has 0 saturated carbocycles. The van der Waals surface area contributed by atoms with Gasteiger partial charge in [0.25, 0.3) is 5.56 Å². The van der Waals surface area contributed by atoms with Crippen molar-refractivity contribution in [2.24, 2.45) is 0 Å². The van der Waals surface area contributed by atoms with Gasteiger partial charge in [0, 0.05) is 0 Å². The molecule has 0 aromatic carbocycles. The summed E-state index contributed by atoms with van der Waals surface area (Å²) < 4.78 is 17.7. The first-order chi connectivity index (χ1) is 8.06. The highest BCUT2D eigenvalue weighted by Gasteiger charge is 2.21. The van der Waals surface area contributed by atoms with E-state index in [1.807, 2.05) is 0 Å². The molecule has 7 nitrogen and oxygen atoms in total.